The lowest BCUT2D eigenvalue weighted by Gasteiger charge is -2.37. The quantitative estimate of drug-likeness (QED) is 0.534. The number of urea groups is 1. The second-order valence-corrected chi connectivity index (χ2v) is 11.2. The minimum absolute atomic E-state index is 0.132. The number of hydrogen-bond donors (Lipinski definition) is 3. The van der Waals surface area contributed by atoms with Crippen molar-refractivity contribution in [3.05, 3.63) is 28.8 Å². The predicted molar refractivity (Wildman–Crippen MR) is 144 cm³/mol. The molecule has 0 bridgehead atoms. The van der Waals surface area contributed by atoms with E-state index in [9.17, 15) is 14.4 Å². The van der Waals surface area contributed by atoms with Crippen LogP contribution in [0.2, 0.25) is 0 Å². The lowest BCUT2D eigenvalue weighted by atomic mass is 9.91. The van der Waals surface area contributed by atoms with Crippen molar-refractivity contribution >= 4 is 23.5 Å². The monoisotopic (exact) mass is 514 g/mol. The SMILES string of the molecule is CC(C)(N)C(=O)N1CCN(C(=O)Nc2ccn(C3=CCC(CN4CCCC(N)CC4)CC3)c(=O)n2)CC1. The number of rotatable bonds is 5. The summed E-state index contributed by atoms with van der Waals surface area (Å²) in [6.07, 6.45) is 10.0. The maximum atomic E-state index is 12.7. The molecule has 37 heavy (non-hydrogen) atoms. The molecule has 1 aromatic heterocycles. The normalized spacial score (nSPS) is 23.8. The molecular weight excluding hydrogens is 472 g/mol. The minimum Gasteiger partial charge on any atom is -0.338 e. The van der Waals surface area contributed by atoms with E-state index in [1.54, 1.807) is 40.5 Å². The van der Waals surface area contributed by atoms with Gasteiger partial charge in [0.25, 0.3) is 0 Å². The Labute approximate surface area is 218 Å². The number of anilines is 1. The van der Waals surface area contributed by atoms with Gasteiger partial charge in [-0.3, -0.25) is 14.7 Å². The fourth-order valence-corrected chi connectivity index (χ4v) is 5.39. The molecule has 11 nitrogen and oxygen atoms in total. The molecule has 2 unspecified atom stereocenters. The third kappa shape index (κ3) is 7.18. The highest BCUT2D eigenvalue weighted by molar-refractivity contribution is 5.89. The van der Waals surface area contributed by atoms with Gasteiger partial charge < -0.3 is 26.2 Å². The first-order valence-electron chi connectivity index (χ1n) is 13.5. The number of piperazine rings is 1. The van der Waals surface area contributed by atoms with E-state index in [1.807, 2.05) is 0 Å². The van der Waals surface area contributed by atoms with E-state index in [0.717, 1.165) is 57.4 Å². The van der Waals surface area contributed by atoms with Crippen molar-refractivity contribution in [2.45, 2.75) is 64.0 Å². The van der Waals surface area contributed by atoms with E-state index in [2.05, 4.69) is 21.3 Å². The average Bonchev–Trinajstić information content (AvgIpc) is 3.07. The zero-order valence-electron chi connectivity index (χ0n) is 22.2. The molecule has 1 aromatic rings. The summed E-state index contributed by atoms with van der Waals surface area (Å²) in [4.78, 5) is 47.7. The second-order valence-electron chi connectivity index (χ2n) is 11.2. The van der Waals surface area contributed by atoms with Crippen molar-refractivity contribution in [1.29, 1.82) is 0 Å². The third-order valence-electron chi connectivity index (χ3n) is 7.63. The summed E-state index contributed by atoms with van der Waals surface area (Å²) >= 11 is 0. The molecule has 2 atom stereocenters. The molecule has 2 saturated heterocycles. The smallest absolute Gasteiger partial charge is 0.338 e. The summed E-state index contributed by atoms with van der Waals surface area (Å²) in [5.74, 6) is 0.682. The van der Waals surface area contributed by atoms with Gasteiger partial charge in [0.2, 0.25) is 5.91 Å². The molecule has 0 aromatic carbocycles. The van der Waals surface area contributed by atoms with E-state index in [-0.39, 0.29) is 17.8 Å². The summed E-state index contributed by atoms with van der Waals surface area (Å²) in [5.41, 5.74) is 11.7. The van der Waals surface area contributed by atoms with E-state index < -0.39 is 11.2 Å². The highest BCUT2D eigenvalue weighted by atomic mass is 16.2. The molecule has 1 aliphatic carbocycles. The number of nitrogens with one attached hydrogen (secondary N) is 1. The van der Waals surface area contributed by atoms with Crippen molar-refractivity contribution in [2.75, 3.05) is 51.1 Å². The summed E-state index contributed by atoms with van der Waals surface area (Å²) < 4.78 is 1.58. The predicted octanol–water partition coefficient (Wildman–Crippen LogP) is 1.11. The Morgan fingerprint density at radius 3 is 2.46 bits per heavy atom. The fraction of sp³-hybridized carbons (Fsp3) is 0.692. The molecule has 11 heteroatoms. The zero-order valence-corrected chi connectivity index (χ0v) is 22.2. The summed E-state index contributed by atoms with van der Waals surface area (Å²) in [7, 11) is 0. The highest BCUT2D eigenvalue weighted by Gasteiger charge is 2.31. The van der Waals surface area contributed by atoms with Crippen LogP contribution < -0.4 is 22.5 Å². The largest absolute Gasteiger partial charge is 0.353 e. The molecule has 0 saturated carbocycles. The maximum absolute atomic E-state index is 12.7. The van der Waals surface area contributed by atoms with Crippen LogP contribution in [-0.4, -0.2) is 93.6 Å². The van der Waals surface area contributed by atoms with Crippen LogP contribution in [-0.2, 0) is 4.79 Å². The first kappa shape index (κ1) is 27.3. The first-order valence-corrected chi connectivity index (χ1v) is 13.5. The molecular formula is C26H42N8O3. The van der Waals surface area contributed by atoms with E-state index in [0.29, 0.717) is 38.1 Å². The third-order valence-corrected chi connectivity index (χ3v) is 7.63. The Balaban J connectivity index is 1.28. The molecule has 5 N–H and O–H groups in total. The van der Waals surface area contributed by atoms with Gasteiger partial charge in [0.1, 0.15) is 5.82 Å². The average molecular weight is 515 g/mol. The summed E-state index contributed by atoms with van der Waals surface area (Å²) in [5, 5.41) is 2.72. The van der Waals surface area contributed by atoms with Gasteiger partial charge in [-0.25, -0.2) is 9.59 Å². The number of amides is 3. The topological polar surface area (TPSA) is 143 Å². The molecule has 0 radical (unpaired) electrons. The van der Waals surface area contributed by atoms with E-state index in [4.69, 9.17) is 11.5 Å². The van der Waals surface area contributed by atoms with Gasteiger partial charge in [0.15, 0.2) is 0 Å². The van der Waals surface area contributed by atoms with E-state index in [1.165, 1.54) is 6.42 Å². The number of allylic oxidation sites excluding steroid dienone is 2. The number of hydrogen-bond acceptors (Lipinski definition) is 7. The van der Waals surface area contributed by atoms with Gasteiger partial charge in [-0.1, -0.05) is 6.08 Å². The highest BCUT2D eigenvalue weighted by Crippen LogP contribution is 2.27. The van der Waals surface area contributed by atoms with Crippen molar-refractivity contribution in [3.63, 3.8) is 0 Å². The Hall–Kier alpha value is -2.76. The number of carbonyl (C=O) groups is 2. The maximum Gasteiger partial charge on any atom is 0.353 e. The van der Waals surface area contributed by atoms with Gasteiger partial charge >= 0.3 is 11.7 Å². The van der Waals surface area contributed by atoms with Crippen LogP contribution in [0.3, 0.4) is 0 Å². The number of likely N-dealkylation sites (tertiary alicyclic amines) is 1. The molecule has 3 amide bonds. The van der Waals surface area contributed by atoms with E-state index >= 15 is 0 Å². The van der Waals surface area contributed by atoms with Crippen LogP contribution in [0.1, 0.15) is 52.4 Å². The van der Waals surface area contributed by atoms with Crippen molar-refractivity contribution in [1.82, 2.24) is 24.3 Å². The van der Waals surface area contributed by atoms with Gasteiger partial charge in [0, 0.05) is 50.7 Å². The number of nitrogens with zero attached hydrogens (tertiary/aromatic N) is 5. The van der Waals surface area contributed by atoms with Gasteiger partial charge in [-0.2, -0.15) is 4.98 Å². The number of aromatic nitrogens is 2. The fourth-order valence-electron chi connectivity index (χ4n) is 5.39. The second kappa shape index (κ2) is 11.7. The molecule has 2 aliphatic heterocycles. The van der Waals surface area contributed by atoms with Crippen LogP contribution in [0.15, 0.2) is 23.1 Å². The zero-order chi connectivity index (χ0) is 26.6. The van der Waals surface area contributed by atoms with Gasteiger partial charge in [0.05, 0.1) is 5.54 Å². The van der Waals surface area contributed by atoms with Crippen LogP contribution >= 0.6 is 0 Å². The number of nitrogens with two attached hydrogens (primary N) is 2. The van der Waals surface area contributed by atoms with Crippen LogP contribution in [0, 0.1) is 5.92 Å². The van der Waals surface area contributed by atoms with Crippen LogP contribution in [0.5, 0.6) is 0 Å². The first-order chi connectivity index (χ1) is 17.6. The molecule has 2 fully saturated rings. The van der Waals surface area contributed by atoms with Crippen molar-refractivity contribution in [3.8, 4) is 0 Å². The van der Waals surface area contributed by atoms with Crippen molar-refractivity contribution in [2.24, 2.45) is 17.4 Å². The summed E-state index contributed by atoms with van der Waals surface area (Å²) in [6.45, 7) is 8.26. The molecule has 4 rings (SSSR count). The Bertz CT molecular complexity index is 1050. The molecule has 3 heterocycles. The minimum atomic E-state index is -0.936. The standard InChI is InChI=1S/C26H42N8O3/c1-26(2,28)23(35)32-14-16-33(17-15-32)24(36)29-22-10-13-34(25(37)30-22)21-7-5-19(6-8-21)18-31-11-3-4-20(27)9-12-31/h7,10,13,19-20H,3-6,8-9,11-12,14-18,27-28H2,1-2H3,(H,29,30,36,37). The van der Waals surface area contributed by atoms with Gasteiger partial charge in [-0.15, -0.1) is 0 Å². The Morgan fingerprint density at radius 2 is 1.81 bits per heavy atom. The Kier molecular flexibility index (Phi) is 8.66. The summed E-state index contributed by atoms with van der Waals surface area (Å²) in [6, 6.07) is 1.65. The number of carbonyl (C=O) groups excluding carboxylic acids is 2. The van der Waals surface area contributed by atoms with Gasteiger partial charge in [-0.05, 0) is 77.4 Å². The lowest BCUT2D eigenvalue weighted by molar-refractivity contribution is -0.137. The molecule has 204 valence electrons. The lowest BCUT2D eigenvalue weighted by Crippen LogP contribution is -2.58. The Morgan fingerprint density at radius 1 is 1.08 bits per heavy atom. The van der Waals surface area contributed by atoms with Crippen LogP contribution in [0.4, 0.5) is 10.6 Å². The molecule has 3 aliphatic rings. The molecule has 0 spiro atoms. The van der Waals surface area contributed by atoms with Crippen molar-refractivity contribution < 1.29 is 9.59 Å². The van der Waals surface area contributed by atoms with Crippen LogP contribution in [0.25, 0.3) is 5.70 Å².